The van der Waals surface area contributed by atoms with E-state index in [-0.39, 0.29) is 6.04 Å². The summed E-state index contributed by atoms with van der Waals surface area (Å²) >= 11 is 0. The average molecular weight is 258 g/mol. The second kappa shape index (κ2) is 5.45. The summed E-state index contributed by atoms with van der Waals surface area (Å²) in [5.41, 5.74) is 25.9. The molecule has 0 amide bonds. The van der Waals surface area contributed by atoms with Gasteiger partial charge in [0.15, 0.2) is 0 Å². The van der Waals surface area contributed by atoms with Crippen molar-refractivity contribution in [2.45, 2.75) is 6.04 Å². The van der Waals surface area contributed by atoms with Gasteiger partial charge in [0.05, 0.1) is 11.9 Å². The van der Waals surface area contributed by atoms with Gasteiger partial charge in [-0.05, 0) is 29.8 Å². The van der Waals surface area contributed by atoms with Gasteiger partial charge in [0.1, 0.15) is 5.82 Å². The molecule has 0 aliphatic heterocycles. The summed E-state index contributed by atoms with van der Waals surface area (Å²) in [5.74, 6) is 0.721. The maximum atomic E-state index is 6.09. The highest BCUT2D eigenvalue weighted by Crippen LogP contribution is 2.21. The third kappa shape index (κ3) is 3.26. The third-order valence-corrected chi connectivity index (χ3v) is 2.80. The predicted molar refractivity (Wildman–Crippen MR) is 79.3 cm³/mol. The predicted octanol–water partition coefficient (Wildman–Crippen LogP) is 0.940. The van der Waals surface area contributed by atoms with E-state index in [0.717, 1.165) is 11.4 Å². The van der Waals surface area contributed by atoms with Gasteiger partial charge in [-0.15, -0.1) is 0 Å². The van der Waals surface area contributed by atoms with Crippen molar-refractivity contribution in [2.24, 2.45) is 5.73 Å². The topological polar surface area (TPSA) is 129 Å². The van der Waals surface area contributed by atoms with Crippen LogP contribution in [-0.2, 0) is 0 Å². The van der Waals surface area contributed by atoms with E-state index in [1.807, 2.05) is 6.07 Å². The zero-order chi connectivity index (χ0) is 13.8. The summed E-state index contributed by atoms with van der Waals surface area (Å²) in [6, 6.07) is 8.67. The van der Waals surface area contributed by atoms with Crippen LogP contribution in [0.2, 0.25) is 0 Å². The lowest BCUT2D eigenvalue weighted by Crippen LogP contribution is -2.22. The molecule has 1 unspecified atom stereocenters. The molecular weight excluding hydrogens is 240 g/mol. The van der Waals surface area contributed by atoms with Crippen LogP contribution in [0.4, 0.5) is 22.9 Å². The molecule has 0 saturated heterocycles. The van der Waals surface area contributed by atoms with Gasteiger partial charge in [0.2, 0.25) is 0 Å². The molecule has 1 heterocycles. The molecule has 9 N–H and O–H groups in total. The molecule has 2 aromatic rings. The highest BCUT2D eigenvalue weighted by Gasteiger charge is 2.09. The first kappa shape index (κ1) is 13.0. The Morgan fingerprint density at radius 2 is 1.79 bits per heavy atom. The minimum atomic E-state index is -0.236. The number of nitrogens with two attached hydrogens (primary N) is 4. The van der Waals surface area contributed by atoms with Gasteiger partial charge >= 0.3 is 0 Å². The van der Waals surface area contributed by atoms with Crippen molar-refractivity contribution in [2.75, 3.05) is 29.1 Å². The van der Waals surface area contributed by atoms with E-state index >= 15 is 0 Å². The van der Waals surface area contributed by atoms with E-state index in [9.17, 15) is 0 Å². The standard InChI is InChI=1S/C13H18N6/c14-8-1-3-10(11(16)5-8)12(17)7-19-13-4-2-9(15)6-18-13/h1-6,12H,7,14-17H2,(H,18,19). The van der Waals surface area contributed by atoms with E-state index in [4.69, 9.17) is 22.9 Å². The van der Waals surface area contributed by atoms with Crippen molar-refractivity contribution in [1.29, 1.82) is 0 Å². The molecule has 0 radical (unpaired) electrons. The van der Waals surface area contributed by atoms with Crippen molar-refractivity contribution in [3.8, 4) is 0 Å². The number of rotatable bonds is 4. The molecule has 1 aromatic carbocycles. The zero-order valence-corrected chi connectivity index (χ0v) is 10.5. The maximum absolute atomic E-state index is 6.09. The second-order valence-electron chi connectivity index (χ2n) is 4.35. The largest absolute Gasteiger partial charge is 0.399 e. The van der Waals surface area contributed by atoms with Crippen molar-refractivity contribution in [3.63, 3.8) is 0 Å². The van der Waals surface area contributed by atoms with Crippen molar-refractivity contribution in [1.82, 2.24) is 4.98 Å². The molecule has 0 aliphatic carbocycles. The van der Waals surface area contributed by atoms with Gasteiger partial charge in [-0.2, -0.15) is 0 Å². The van der Waals surface area contributed by atoms with Crippen LogP contribution in [0.25, 0.3) is 0 Å². The molecule has 100 valence electrons. The lowest BCUT2D eigenvalue weighted by Gasteiger charge is -2.16. The fraction of sp³-hybridized carbons (Fsp3) is 0.154. The van der Waals surface area contributed by atoms with Crippen molar-refractivity contribution < 1.29 is 0 Å². The van der Waals surface area contributed by atoms with Crippen LogP contribution in [-0.4, -0.2) is 11.5 Å². The Hall–Kier alpha value is -2.47. The van der Waals surface area contributed by atoms with Gasteiger partial charge in [-0.1, -0.05) is 6.07 Å². The van der Waals surface area contributed by atoms with E-state index < -0.39 is 0 Å². The summed E-state index contributed by atoms with van der Waals surface area (Å²) in [7, 11) is 0. The van der Waals surface area contributed by atoms with Crippen LogP contribution in [0, 0.1) is 0 Å². The normalized spacial score (nSPS) is 12.1. The van der Waals surface area contributed by atoms with Crippen molar-refractivity contribution >= 4 is 22.9 Å². The Bertz CT molecular complexity index is 552. The smallest absolute Gasteiger partial charge is 0.126 e. The number of hydrogen-bond donors (Lipinski definition) is 5. The van der Waals surface area contributed by atoms with Crippen LogP contribution >= 0.6 is 0 Å². The SMILES string of the molecule is Nc1ccc(NCC(N)c2ccc(N)cc2N)nc1. The minimum Gasteiger partial charge on any atom is -0.399 e. The number of pyridine rings is 1. The van der Waals surface area contributed by atoms with E-state index in [1.165, 1.54) is 0 Å². The number of hydrogen-bond acceptors (Lipinski definition) is 6. The Labute approximate surface area is 111 Å². The summed E-state index contributed by atoms with van der Waals surface area (Å²) in [6.45, 7) is 0.519. The number of nitrogens with zero attached hydrogens (tertiary/aromatic N) is 1. The number of aromatic nitrogens is 1. The summed E-state index contributed by atoms with van der Waals surface area (Å²) in [5, 5.41) is 3.13. The zero-order valence-electron chi connectivity index (χ0n) is 10.5. The molecule has 1 aromatic heterocycles. The first-order valence-electron chi connectivity index (χ1n) is 5.92. The summed E-state index contributed by atoms with van der Waals surface area (Å²) < 4.78 is 0. The maximum Gasteiger partial charge on any atom is 0.126 e. The van der Waals surface area contributed by atoms with Gasteiger partial charge < -0.3 is 28.3 Å². The number of anilines is 4. The molecule has 1 atom stereocenters. The van der Waals surface area contributed by atoms with Crippen LogP contribution in [0.5, 0.6) is 0 Å². The van der Waals surface area contributed by atoms with Crippen LogP contribution < -0.4 is 28.3 Å². The molecule has 6 nitrogen and oxygen atoms in total. The van der Waals surface area contributed by atoms with Gasteiger partial charge in [0, 0.05) is 24.0 Å². The number of benzene rings is 1. The summed E-state index contributed by atoms with van der Waals surface area (Å²) in [6.07, 6.45) is 1.59. The minimum absolute atomic E-state index is 0.236. The Morgan fingerprint density at radius 1 is 1.05 bits per heavy atom. The fourth-order valence-electron chi connectivity index (χ4n) is 1.77. The molecule has 0 bridgehead atoms. The molecular formula is C13H18N6. The van der Waals surface area contributed by atoms with E-state index in [2.05, 4.69) is 10.3 Å². The summed E-state index contributed by atoms with van der Waals surface area (Å²) in [4.78, 5) is 4.14. The molecule has 0 aliphatic rings. The molecule has 0 spiro atoms. The lowest BCUT2D eigenvalue weighted by molar-refractivity contribution is 0.764. The van der Waals surface area contributed by atoms with Gasteiger partial charge in [-0.25, -0.2) is 4.98 Å². The average Bonchev–Trinajstić information content (AvgIpc) is 2.37. The van der Waals surface area contributed by atoms with Crippen LogP contribution in [0.15, 0.2) is 36.5 Å². The van der Waals surface area contributed by atoms with Crippen LogP contribution in [0.1, 0.15) is 11.6 Å². The second-order valence-corrected chi connectivity index (χ2v) is 4.35. The molecule has 0 fully saturated rings. The Kier molecular flexibility index (Phi) is 3.72. The molecule has 6 heteroatoms. The number of nitrogens with one attached hydrogen (secondary N) is 1. The van der Waals surface area contributed by atoms with E-state index in [1.54, 1.807) is 30.5 Å². The third-order valence-electron chi connectivity index (χ3n) is 2.80. The fourth-order valence-corrected chi connectivity index (χ4v) is 1.77. The van der Waals surface area contributed by atoms with Gasteiger partial charge in [0.25, 0.3) is 0 Å². The number of nitrogen functional groups attached to an aromatic ring is 3. The van der Waals surface area contributed by atoms with Crippen LogP contribution in [0.3, 0.4) is 0 Å². The highest BCUT2D eigenvalue weighted by molar-refractivity contribution is 5.58. The monoisotopic (exact) mass is 258 g/mol. The molecule has 19 heavy (non-hydrogen) atoms. The van der Waals surface area contributed by atoms with E-state index in [0.29, 0.717) is 23.6 Å². The first-order chi connectivity index (χ1) is 9.06. The Morgan fingerprint density at radius 3 is 2.42 bits per heavy atom. The Balaban J connectivity index is 2.01. The first-order valence-corrected chi connectivity index (χ1v) is 5.92. The molecule has 2 rings (SSSR count). The van der Waals surface area contributed by atoms with Crippen molar-refractivity contribution in [3.05, 3.63) is 42.1 Å². The molecule has 0 saturated carbocycles. The lowest BCUT2D eigenvalue weighted by atomic mass is 10.0. The van der Waals surface area contributed by atoms with Gasteiger partial charge in [-0.3, -0.25) is 0 Å². The highest BCUT2D eigenvalue weighted by atomic mass is 15.0. The quantitative estimate of drug-likeness (QED) is 0.519.